The number of hydrogen-bond donors (Lipinski definition) is 0. The molecule has 1 aliphatic rings. The normalized spacial score (nSPS) is 14.2. The molecule has 0 N–H and O–H groups in total. The maximum Gasteiger partial charge on any atom is 0.267 e. The van der Waals surface area contributed by atoms with E-state index in [-0.39, 0.29) is 5.56 Å². The van der Waals surface area contributed by atoms with Crippen LogP contribution in [-0.2, 0) is 19.5 Å². The quantitative estimate of drug-likeness (QED) is 0.271. The van der Waals surface area contributed by atoms with E-state index in [0.717, 1.165) is 52.9 Å². The van der Waals surface area contributed by atoms with Gasteiger partial charge in [-0.15, -0.1) is 11.3 Å². The molecule has 2 aromatic heterocycles. The molecule has 0 fully saturated rings. The Morgan fingerprint density at radius 3 is 2.50 bits per heavy atom. The van der Waals surface area contributed by atoms with E-state index in [1.165, 1.54) is 16.0 Å². The van der Waals surface area contributed by atoms with Crippen molar-refractivity contribution in [2.75, 3.05) is 12.3 Å². The summed E-state index contributed by atoms with van der Waals surface area (Å²) in [7, 11) is 0. The molecule has 4 nitrogen and oxygen atoms in total. The molecule has 0 saturated heterocycles. The third-order valence-corrected chi connectivity index (χ3v) is 8.21. The number of thioether (sulfide) groups is 1. The zero-order valence-corrected chi connectivity index (χ0v) is 20.1. The van der Waals surface area contributed by atoms with Gasteiger partial charge in [0.05, 0.1) is 11.1 Å². The lowest BCUT2D eigenvalue weighted by Crippen LogP contribution is -2.30. The average Bonchev–Trinajstić information content (AvgIpc) is 3.17. The maximum atomic E-state index is 13.8. The van der Waals surface area contributed by atoms with Gasteiger partial charge in [-0.3, -0.25) is 14.3 Å². The number of benzene rings is 2. The SMILES string of the molecule is CC(C)CSc1nc2sc3c(c2c(=O)n1-c1ccccc1)CCN(Cc1ccccc1)C3. The fraction of sp³-hybridized carbons (Fsp3) is 0.308. The highest BCUT2D eigenvalue weighted by Crippen LogP contribution is 2.35. The van der Waals surface area contributed by atoms with E-state index in [0.29, 0.717) is 5.92 Å². The standard InChI is InChI=1S/C26H27N3OS2/c1-18(2)17-31-26-27-24-23(25(30)29(26)20-11-7-4-8-12-20)21-13-14-28(16-22(21)32-24)15-19-9-5-3-6-10-19/h3-12,18H,13-17H2,1-2H3. The monoisotopic (exact) mass is 461 g/mol. The van der Waals surface area contributed by atoms with Crippen LogP contribution >= 0.6 is 23.1 Å². The first kappa shape index (κ1) is 21.4. The molecule has 0 spiro atoms. The van der Waals surface area contributed by atoms with E-state index < -0.39 is 0 Å². The molecular weight excluding hydrogens is 434 g/mol. The first-order valence-corrected chi connectivity index (χ1v) is 12.9. The first-order chi connectivity index (χ1) is 15.6. The summed E-state index contributed by atoms with van der Waals surface area (Å²) in [6, 6.07) is 20.5. The Morgan fingerprint density at radius 2 is 1.78 bits per heavy atom. The van der Waals surface area contributed by atoms with Crippen molar-refractivity contribution >= 4 is 33.3 Å². The minimum Gasteiger partial charge on any atom is -0.294 e. The van der Waals surface area contributed by atoms with Crippen molar-refractivity contribution in [3.8, 4) is 5.69 Å². The van der Waals surface area contributed by atoms with Gasteiger partial charge < -0.3 is 0 Å². The van der Waals surface area contributed by atoms with Crippen molar-refractivity contribution in [2.45, 2.75) is 38.5 Å². The zero-order valence-electron chi connectivity index (χ0n) is 18.5. The summed E-state index contributed by atoms with van der Waals surface area (Å²) in [5.41, 5.74) is 3.49. The van der Waals surface area contributed by atoms with Crippen LogP contribution in [0.5, 0.6) is 0 Å². The number of nitrogens with zero attached hydrogens (tertiary/aromatic N) is 3. The number of thiophene rings is 1. The molecule has 6 heteroatoms. The van der Waals surface area contributed by atoms with Crippen LogP contribution in [0.1, 0.15) is 29.9 Å². The lowest BCUT2D eigenvalue weighted by molar-refractivity contribution is 0.249. The molecule has 0 amide bonds. The lowest BCUT2D eigenvalue weighted by Gasteiger charge is -2.26. The Labute approximate surface area is 196 Å². The Morgan fingerprint density at radius 1 is 1.06 bits per heavy atom. The molecule has 0 atom stereocenters. The predicted octanol–water partition coefficient (Wildman–Crippen LogP) is 5.75. The Bertz CT molecular complexity index is 1280. The van der Waals surface area contributed by atoms with Crippen LogP contribution in [0.3, 0.4) is 0 Å². The number of hydrogen-bond acceptors (Lipinski definition) is 5. The summed E-state index contributed by atoms with van der Waals surface area (Å²) in [5.74, 6) is 1.46. The van der Waals surface area contributed by atoms with E-state index in [2.05, 4.69) is 49.1 Å². The molecule has 4 aromatic rings. The van der Waals surface area contributed by atoms with Crippen molar-refractivity contribution in [1.82, 2.24) is 14.5 Å². The van der Waals surface area contributed by atoms with Gasteiger partial charge >= 0.3 is 0 Å². The van der Waals surface area contributed by atoms with Gasteiger partial charge in [-0.25, -0.2) is 4.98 Å². The van der Waals surface area contributed by atoms with Gasteiger partial charge in [-0.2, -0.15) is 0 Å². The minimum atomic E-state index is 0.0708. The summed E-state index contributed by atoms with van der Waals surface area (Å²) in [6.45, 7) is 7.17. The molecule has 3 heterocycles. The Balaban J connectivity index is 1.56. The fourth-order valence-corrected chi connectivity index (χ4v) is 6.46. The van der Waals surface area contributed by atoms with Crippen molar-refractivity contribution in [3.05, 3.63) is 87.0 Å². The number of aromatic nitrogens is 2. The van der Waals surface area contributed by atoms with E-state index in [9.17, 15) is 4.79 Å². The van der Waals surface area contributed by atoms with Crippen molar-refractivity contribution in [2.24, 2.45) is 5.92 Å². The van der Waals surface area contributed by atoms with Crippen LogP contribution in [0, 0.1) is 5.92 Å². The summed E-state index contributed by atoms with van der Waals surface area (Å²) >= 11 is 3.38. The highest BCUT2D eigenvalue weighted by Gasteiger charge is 2.25. The second-order valence-electron chi connectivity index (χ2n) is 8.71. The molecule has 1 aliphatic heterocycles. The highest BCUT2D eigenvalue weighted by atomic mass is 32.2. The summed E-state index contributed by atoms with van der Waals surface area (Å²) in [4.78, 5) is 23.5. The first-order valence-electron chi connectivity index (χ1n) is 11.1. The van der Waals surface area contributed by atoms with Crippen LogP contribution in [0.15, 0.2) is 70.6 Å². The molecule has 2 aromatic carbocycles. The van der Waals surface area contributed by atoms with E-state index >= 15 is 0 Å². The molecule has 0 bridgehead atoms. The number of para-hydroxylation sites is 1. The lowest BCUT2D eigenvalue weighted by atomic mass is 10.0. The van der Waals surface area contributed by atoms with Crippen LogP contribution < -0.4 is 5.56 Å². The molecular formula is C26H27N3OS2. The van der Waals surface area contributed by atoms with Gasteiger partial charge in [0.25, 0.3) is 5.56 Å². The van der Waals surface area contributed by atoms with Crippen molar-refractivity contribution < 1.29 is 0 Å². The molecule has 32 heavy (non-hydrogen) atoms. The molecule has 0 aliphatic carbocycles. The fourth-order valence-electron chi connectivity index (χ4n) is 4.20. The zero-order chi connectivity index (χ0) is 22.1. The molecule has 0 radical (unpaired) electrons. The van der Waals surface area contributed by atoms with Crippen molar-refractivity contribution in [1.29, 1.82) is 0 Å². The van der Waals surface area contributed by atoms with E-state index in [4.69, 9.17) is 4.98 Å². The van der Waals surface area contributed by atoms with Crippen LogP contribution in [0.25, 0.3) is 15.9 Å². The van der Waals surface area contributed by atoms with Gasteiger partial charge in [-0.05, 0) is 35.6 Å². The second-order valence-corrected chi connectivity index (χ2v) is 10.8. The predicted molar refractivity (Wildman–Crippen MR) is 135 cm³/mol. The van der Waals surface area contributed by atoms with Gasteiger partial charge in [-0.1, -0.05) is 74.1 Å². The van der Waals surface area contributed by atoms with Gasteiger partial charge in [0.15, 0.2) is 5.16 Å². The Hall–Kier alpha value is -2.41. The third-order valence-electron chi connectivity index (χ3n) is 5.73. The van der Waals surface area contributed by atoms with Crippen LogP contribution in [0.4, 0.5) is 0 Å². The van der Waals surface area contributed by atoms with Crippen LogP contribution in [0.2, 0.25) is 0 Å². The average molecular weight is 462 g/mol. The van der Waals surface area contributed by atoms with E-state index in [1.807, 2.05) is 34.9 Å². The maximum absolute atomic E-state index is 13.8. The van der Waals surface area contributed by atoms with Gasteiger partial charge in [0.2, 0.25) is 0 Å². The highest BCUT2D eigenvalue weighted by molar-refractivity contribution is 7.99. The third kappa shape index (κ3) is 4.27. The van der Waals surface area contributed by atoms with Crippen LogP contribution in [-0.4, -0.2) is 26.7 Å². The largest absolute Gasteiger partial charge is 0.294 e. The second kappa shape index (κ2) is 9.22. The van der Waals surface area contributed by atoms with E-state index in [1.54, 1.807) is 23.1 Å². The number of rotatable bonds is 6. The van der Waals surface area contributed by atoms with Gasteiger partial charge in [0.1, 0.15) is 4.83 Å². The minimum absolute atomic E-state index is 0.0708. The topological polar surface area (TPSA) is 38.1 Å². The van der Waals surface area contributed by atoms with Crippen molar-refractivity contribution in [3.63, 3.8) is 0 Å². The molecule has 0 saturated carbocycles. The smallest absolute Gasteiger partial charge is 0.267 e. The summed E-state index contributed by atoms with van der Waals surface area (Å²) in [6.07, 6.45) is 0.895. The molecule has 164 valence electrons. The molecule has 0 unspecified atom stereocenters. The summed E-state index contributed by atoms with van der Waals surface area (Å²) in [5, 5.41) is 1.62. The number of fused-ring (bicyclic) bond motifs is 3. The molecule has 5 rings (SSSR count). The summed E-state index contributed by atoms with van der Waals surface area (Å²) < 4.78 is 1.82. The van der Waals surface area contributed by atoms with Gasteiger partial charge in [0, 0.05) is 30.3 Å². The Kier molecular flexibility index (Phi) is 6.17.